The summed E-state index contributed by atoms with van der Waals surface area (Å²) < 4.78 is 5.47. The van der Waals surface area contributed by atoms with Gasteiger partial charge in [-0.1, -0.05) is 111 Å². The predicted octanol–water partition coefficient (Wildman–Crippen LogP) is 6.37. The van der Waals surface area contributed by atoms with Crippen LogP contribution in [0.2, 0.25) is 0 Å². The first-order chi connectivity index (χ1) is 19.0. The molecule has 0 aliphatic carbocycles. The molecule has 0 unspecified atom stereocenters. The number of carbonyl (C=O) groups is 2. The number of unbranched alkanes of at least 4 members (excludes halogenated alkanes) is 2. The highest BCUT2D eigenvalue weighted by atomic mass is 16.5. The van der Waals surface area contributed by atoms with Crippen molar-refractivity contribution in [1.82, 2.24) is 0 Å². The average Bonchev–Trinajstić information content (AvgIpc) is 3.22. The lowest BCUT2D eigenvalue weighted by molar-refractivity contribution is -0.150. The summed E-state index contributed by atoms with van der Waals surface area (Å²) in [6.45, 7) is 2.05. The smallest absolute Gasteiger partial charge is 0.272 e. The Kier molecular flexibility index (Phi) is 7.36. The van der Waals surface area contributed by atoms with E-state index in [2.05, 4.69) is 6.92 Å². The Bertz CT molecular complexity index is 1360. The molecule has 1 heterocycles. The molecule has 1 N–H and O–H groups in total. The van der Waals surface area contributed by atoms with Crippen molar-refractivity contribution in [3.63, 3.8) is 0 Å². The number of aliphatic hydroxyl groups is 1. The maximum absolute atomic E-state index is 14.7. The van der Waals surface area contributed by atoms with Crippen molar-refractivity contribution in [3.05, 3.63) is 131 Å². The zero-order valence-corrected chi connectivity index (χ0v) is 22.3. The average molecular weight is 520 g/mol. The summed E-state index contributed by atoms with van der Waals surface area (Å²) in [6.07, 6.45) is 2.48. The number of fused-ring (bicyclic) bond motifs is 1. The second-order valence-electron chi connectivity index (χ2n) is 9.92. The SMILES string of the molecule is CCCCCC(=O)[C@@]1(O)C(=O)N(C(c2ccccc2)(c2ccccc2)c2ccccc2)c2ccc(OC)cc21. The Morgan fingerprint density at radius 2 is 1.33 bits per heavy atom. The molecule has 1 atom stereocenters. The zero-order chi connectivity index (χ0) is 27.5. The number of methoxy groups -OCH3 is 1. The molecule has 5 heteroatoms. The maximum atomic E-state index is 14.7. The lowest BCUT2D eigenvalue weighted by atomic mass is 9.75. The van der Waals surface area contributed by atoms with E-state index in [4.69, 9.17) is 4.74 Å². The fourth-order valence-electron chi connectivity index (χ4n) is 5.76. The number of hydrogen-bond donors (Lipinski definition) is 1. The Labute approximate surface area is 229 Å². The Balaban J connectivity index is 1.85. The lowest BCUT2D eigenvalue weighted by Crippen LogP contribution is -2.55. The minimum atomic E-state index is -2.33. The molecule has 0 fully saturated rings. The van der Waals surface area contributed by atoms with E-state index in [0.717, 1.165) is 29.5 Å². The van der Waals surface area contributed by atoms with Crippen molar-refractivity contribution < 1.29 is 19.4 Å². The van der Waals surface area contributed by atoms with Crippen LogP contribution in [0.3, 0.4) is 0 Å². The molecule has 1 aliphatic rings. The number of benzene rings is 4. The molecule has 1 aliphatic heterocycles. The summed E-state index contributed by atoms with van der Waals surface area (Å²) in [5.74, 6) is -0.697. The highest BCUT2D eigenvalue weighted by Gasteiger charge is 2.61. The first-order valence-corrected chi connectivity index (χ1v) is 13.4. The molecule has 0 saturated heterocycles. The summed E-state index contributed by atoms with van der Waals surface area (Å²) in [6, 6.07) is 34.5. The summed E-state index contributed by atoms with van der Waals surface area (Å²) in [5.41, 5.74) is -0.274. The summed E-state index contributed by atoms with van der Waals surface area (Å²) >= 11 is 0. The molecule has 0 aromatic heterocycles. The highest BCUT2D eigenvalue weighted by molar-refractivity contribution is 6.22. The van der Waals surface area contributed by atoms with Crippen molar-refractivity contribution in [3.8, 4) is 5.75 Å². The van der Waals surface area contributed by atoms with Gasteiger partial charge in [0, 0.05) is 12.0 Å². The van der Waals surface area contributed by atoms with Crippen LogP contribution in [0.25, 0.3) is 0 Å². The van der Waals surface area contributed by atoms with Crippen LogP contribution in [0.4, 0.5) is 5.69 Å². The van der Waals surface area contributed by atoms with Crippen LogP contribution in [0.5, 0.6) is 5.75 Å². The third-order valence-electron chi connectivity index (χ3n) is 7.67. The quantitative estimate of drug-likeness (QED) is 0.150. The Morgan fingerprint density at radius 1 is 0.821 bits per heavy atom. The molecule has 0 bridgehead atoms. The van der Waals surface area contributed by atoms with Crippen LogP contribution < -0.4 is 9.64 Å². The Morgan fingerprint density at radius 3 is 1.79 bits per heavy atom. The van der Waals surface area contributed by atoms with Crippen LogP contribution in [-0.2, 0) is 20.7 Å². The van der Waals surface area contributed by atoms with Crippen molar-refractivity contribution in [2.45, 2.75) is 43.7 Å². The van der Waals surface area contributed by atoms with E-state index in [-0.39, 0.29) is 12.0 Å². The van der Waals surface area contributed by atoms with E-state index in [9.17, 15) is 14.7 Å². The second kappa shape index (κ2) is 10.9. The van der Waals surface area contributed by atoms with E-state index in [1.807, 2.05) is 91.0 Å². The number of rotatable bonds is 10. The maximum Gasteiger partial charge on any atom is 0.272 e. The molecule has 4 aromatic carbocycles. The van der Waals surface area contributed by atoms with Gasteiger partial charge in [0.2, 0.25) is 5.60 Å². The van der Waals surface area contributed by atoms with Crippen molar-refractivity contribution >= 4 is 17.4 Å². The number of amides is 1. The topological polar surface area (TPSA) is 66.8 Å². The number of carbonyl (C=O) groups excluding carboxylic acids is 2. The number of hydrogen-bond acceptors (Lipinski definition) is 4. The normalized spacial score (nSPS) is 16.7. The van der Waals surface area contributed by atoms with Gasteiger partial charge in [-0.25, -0.2) is 0 Å². The molecule has 198 valence electrons. The van der Waals surface area contributed by atoms with Crippen LogP contribution in [0.15, 0.2) is 109 Å². The van der Waals surface area contributed by atoms with Gasteiger partial charge in [0.05, 0.1) is 12.8 Å². The molecular weight excluding hydrogens is 486 g/mol. The van der Waals surface area contributed by atoms with E-state index in [1.54, 1.807) is 23.1 Å². The van der Waals surface area contributed by atoms with E-state index < -0.39 is 22.8 Å². The van der Waals surface area contributed by atoms with Gasteiger partial charge in [0.25, 0.3) is 5.91 Å². The first-order valence-electron chi connectivity index (χ1n) is 13.4. The fourth-order valence-corrected chi connectivity index (χ4v) is 5.76. The molecule has 4 aromatic rings. The summed E-state index contributed by atoms with van der Waals surface area (Å²) in [5, 5.41) is 12.2. The molecule has 5 rings (SSSR count). The number of anilines is 1. The first kappa shape index (κ1) is 26.4. The van der Waals surface area contributed by atoms with Gasteiger partial charge in [-0.15, -0.1) is 0 Å². The van der Waals surface area contributed by atoms with E-state index in [1.165, 1.54) is 7.11 Å². The molecule has 5 nitrogen and oxygen atoms in total. The van der Waals surface area contributed by atoms with Crippen LogP contribution in [0.1, 0.15) is 54.9 Å². The third kappa shape index (κ3) is 4.23. The van der Waals surface area contributed by atoms with Gasteiger partial charge in [0.1, 0.15) is 11.3 Å². The largest absolute Gasteiger partial charge is 0.497 e. The second-order valence-corrected chi connectivity index (χ2v) is 9.92. The molecule has 1 amide bonds. The predicted molar refractivity (Wildman–Crippen MR) is 153 cm³/mol. The van der Waals surface area contributed by atoms with Crippen molar-refractivity contribution in [1.29, 1.82) is 0 Å². The summed E-state index contributed by atoms with van der Waals surface area (Å²) in [4.78, 5) is 30.1. The van der Waals surface area contributed by atoms with Crippen LogP contribution in [0, 0.1) is 0 Å². The standard InChI is InChI=1S/C34H33NO4/c1-3-4-8-21-31(36)34(38)29-24-28(39-2)22-23-30(29)35(32(34)37)33(25-15-9-5-10-16-25,26-17-11-6-12-18-26)27-19-13-7-14-20-27/h5-7,9-20,22-24,38H,3-4,8,21H2,1-2H3/t34-/m1/s1. The van der Waals surface area contributed by atoms with Crippen LogP contribution in [-0.4, -0.2) is 23.9 Å². The zero-order valence-electron chi connectivity index (χ0n) is 22.3. The number of ether oxygens (including phenoxy) is 1. The molecule has 0 spiro atoms. The van der Waals surface area contributed by atoms with Gasteiger partial charge in [-0.05, 0) is 41.3 Å². The van der Waals surface area contributed by atoms with Gasteiger partial charge < -0.3 is 9.84 Å². The monoisotopic (exact) mass is 519 g/mol. The lowest BCUT2D eigenvalue weighted by Gasteiger charge is -2.44. The summed E-state index contributed by atoms with van der Waals surface area (Å²) in [7, 11) is 1.53. The van der Waals surface area contributed by atoms with Gasteiger partial charge >= 0.3 is 0 Å². The Hall–Kier alpha value is -4.22. The van der Waals surface area contributed by atoms with Crippen LogP contribution >= 0.6 is 0 Å². The van der Waals surface area contributed by atoms with Gasteiger partial charge in [-0.3, -0.25) is 14.5 Å². The third-order valence-corrected chi connectivity index (χ3v) is 7.67. The number of ketones is 1. The molecule has 0 saturated carbocycles. The fraction of sp³-hybridized carbons (Fsp3) is 0.235. The number of Topliss-reactive ketones (excluding diaryl/α,β-unsaturated/α-hetero) is 1. The molecular formula is C34H33NO4. The van der Waals surface area contributed by atoms with Crippen molar-refractivity contribution in [2.75, 3.05) is 12.0 Å². The van der Waals surface area contributed by atoms with E-state index in [0.29, 0.717) is 17.9 Å². The molecule has 39 heavy (non-hydrogen) atoms. The van der Waals surface area contributed by atoms with Crippen molar-refractivity contribution in [2.24, 2.45) is 0 Å². The minimum absolute atomic E-state index is 0.107. The number of nitrogens with zero attached hydrogens (tertiary/aromatic N) is 1. The molecule has 0 radical (unpaired) electrons. The van der Waals surface area contributed by atoms with E-state index >= 15 is 0 Å². The van der Waals surface area contributed by atoms with Gasteiger partial charge in [0.15, 0.2) is 5.78 Å². The minimum Gasteiger partial charge on any atom is -0.497 e. The highest BCUT2D eigenvalue weighted by Crippen LogP contribution is 2.53. The van der Waals surface area contributed by atoms with Gasteiger partial charge in [-0.2, -0.15) is 0 Å².